The maximum Gasteiger partial charge on any atom is 0.407 e. The summed E-state index contributed by atoms with van der Waals surface area (Å²) in [7, 11) is 1.19. The van der Waals surface area contributed by atoms with Crippen molar-refractivity contribution in [2.75, 3.05) is 38.8 Å². The van der Waals surface area contributed by atoms with Gasteiger partial charge in [0.25, 0.3) is 0 Å². The summed E-state index contributed by atoms with van der Waals surface area (Å²) in [5.74, 6) is -0.114. The molecule has 4 rings (SSSR count). The molecule has 5 atom stereocenters. The first kappa shape index (κ1) is 22.1. The molecule has 0 spiro atoms. The summed E-state index contributed by atoms with van der Waals surface area (Å²) in [5, 5.41) is 26.3. The summed E-state index contributed by atoms with van der Waals surface area (Å²) in [4.78, 5) is 35.5. The van der Waals surface area contributed by atoms with Crippen LogP contribution in [-0.4, -0.2) is 99.6 Å². The number of nitrogens with one attached hydrogen (secondary N) is 2. The largest absolute Gasteiger partial charge is 0.468 e. The number of ether oxygens (including phenoxy) is 4. The molecule has 2 saturated heterocycles. The van der Waals surface area contributed by atoms with E-state index < -0.39 is 36.6 Å². The average molecular weight is 452 g/mol. The summed E-state index contributed by atoms with van der Waals surface area (Å²) >= 11 is 0. The minimum absolute atomic E-state index is 0.111. The van der Waals surface area contributed by atoms with Crippen molar-refractivity contribution >= 4 is 29.0 Å². The van der Waals surface area contributed by atoms with E-state index in [1.54, 1.807) is 0 Å². The summed E-state index contributed by atoms with van der Waals surface area (Å²) < 4.78 is 22.0. The van der Waals surface area contributed by atoms with Gasteiger partial charge in [-0.3, -0.25) is 9.36 Å². The van der Waals surface area contributed by atoms with Gasteiger partial charge in [0.15, 0.2) is 23.2 Å². The monoisotopic (exact) mass is 452 g/mol. The molecule has 2 fully saturated rings. The number of aromatic nitrogens is 4. The molecule has 0 saturated carbocycles. The number of methoxy groups -OCH3 is 1. The third-order valence-electron chi connectivity index (χ3n) is 5.22. The Balaban J connectivity index is 1.42. The number of rotatable bonds is 7. The fourth-order valence-corrected chi connectivity index (χ4v) is 3.51. The number of nitrogens with zero attached hydrogens (tertiary/aromatic N) is 4. The molecular weight excluding hydrogens is 428 g/mol. The Morgan fingerprint density at radius 3 is 2.88 bits per heavy atom. The Labute approximate surface area is 181 Å². The molecule has 2 aromatic heterocycles. The van der Waals surface area contributed by atoms with Gasteiger partial charge in [0.2, 0.25) is 0 Å². The maximum atomic E-state index is 11.7. The Morgan fingerprint density at radius 2 is 2.12 bits per heavy atom. The number of aliphatic hydroxyl groups is 2. The third kappa shape index (κ3) is 4.57. The Hall–Kier alpha value is -3.07. The molecule has 4 unspecified atom stereocenters. The quantitative estimate of drug-likeness (QED) is 0.359. The molecule has 0 bridgehead atoms. The average Bonchev–Trinajstić information content (AvgIpc) is 3.52. The molecular formula is C18H24N6O8. The van der Waals surface area contributed by atoms with Crippen LogP contribution in [-0.2, 0) is 23.7 Å². The van der Waals surface area contributed by atoms with Gasteiger partial charge in [0.05, 0.1) is 26.1 Å². The third-order valence-corrected chi connectivity index (χ3v) is 5.22. The van der Waals surface area contributed by atoms with Gasteiger partial charge in [-0.2, -0.15) is 0 Å². The summed E-state index contributed by atoms with van der Waals surface area (Å²) in [6.07, 6.45) is -1.93. The van der Waals surface area contributed by atoms with Crippen LogP contribution < -0.4 is 10.6 Å². The SMILES string of the molecule is COC(=O)CNC(=O)OCC1OC(n2cnc3c(N[C@@H]4CCOC4)ncnc32)C(O)C1O. The topological polar surface area (TPSA) is 179 Å². The van der Waals surface area contributed by atoms with Gasteiger partial charge in [-0.25, -0.2) is 19.7 Å². The van der Waals surface area contributed by atoms with Crippen LogP contribution in [0, 0.1) is 0 Å². The van der Waals surface area contributed by atoms with Crippen LogP contribution in [0.15, 0.2) is 12.7 Å². The molecule has 0 aromatic carbocycles. The summed E-state index contributed by atoms with van der Waals surface area (Å²) in [6, 6.07) is 0.111. The van der Waals surface area contributed by atoms with Crippen LogP contribution in [0.4, 0.5) is 10.6 Å². The van der Waals surface area contributed by atoms with Crippen molar-refractivity contribution in [3.63, 3.8) is 0 Å². The van der Waals surface area contributed by atoms with Crippen molar-refractivity contribution in [2.45, 2.75) is 37.0 Å². The number of imidazole rings is 1. The number of esters is 1. The highest BCUT2D eigenvalue weighted by molar-refractivity contribution is 5.83. The van der Waals surface area contributed by atoms with E-state index in [1.165, 1.54) is 24.3 Å². The maximum absolute atomic E-state index is 11.7. The lowest BCUT2D eigenvalue weighted by molar-refractivity contribution is -0.139. The van der Waals surface area contributed by atoms with Gasteiger partial charge in [0.1, 0.15) is 37.8 Å². The van der Waals surface area contributed by atoms with E-state index in [1.807, 2.05) is 0 Å². The van der Waals surface area contributed by atoms with Crippen molar-refractivity contribution in [1.29, 1.82) is 0 Å². The molecule has 4 heterocycles. The van der Waals surface area contributed by atoms with Gasteiger partial charge in [0, 0.05) is 6.61 Å². The molecule has 2 aromatic rings. The fraction of sp³-hybridized carbons (Fsp3) is 0.611. The molecule has 2 aliphatic rings. The lowest BCUT2D eigenvalue weighted by atomic mass is 10.1. The second-order valence-electron chi connectivity index (χ2n) is 7.33. The number of amides is 1. The molecule has 1 amide bonds. The van der Waals surface area contributed by atoms with Gasteiger partial charge in [-0.05, 0) is 6.42 Å². The van der Waals surface area contributed by atoms with Crippen molar-refractivity contribution in [3.05, 3.63) is 12.7 Å². The number of aliphatic hydroxyl groups excluding tert-OH is 2. The second-order valence-corrected chi connectivity index (χ2v) is 7.33. The number of anilines is 1. The summed E-state index contributed by atoms with van der Waals surface area (Å²) in [5.41, 5.74) is 0.877. The number of carbonyl (C=O) groups is 2. The number of fused-ring (bicyclic) bond motifs is 1. The molecule has 4 N–H and O–H groups in total. The highest BCUT2D eigenvalue weighted by Gasteiger charge is 2.45. The van der Waals surface area contributed by atoms with E-state index in [0.29, 0.717) is 30.2 Å². The van der Waals surface area contributed by atoms with Gasteiger partial charge < -0.3 is 39.8 Å². The van der Waals surface area contributed by atoms with Crippen LogP contribution in [0.1, 0.15) is 12.6 Å². The minimum Gasteiger partial charge on any atom is -0.468 e. The van der Waals surface area contributed by atoms with E-state index in [-0.39, 0.29) is 19.2 Å². The highest BCUT2D eigenvalue weighted by Crippen LogP contribution is 2.32. The van der Waals surface area contributed by atoms with Gasteiger partial charge in [-0.1, -0.05) is 0 Å². The van der Waals surface area contributed by atoms with E-state index in [9.17, 15) is 19.8 Å². The normalized spacial score (nSPS) is 27.4. The zero-order chi connectivity index (χ0) is 22.7. The van der Waals surface area contributed by atoms with Crippen LogP contribution >= 0.6 is 0 Å². The van der Waals surface area contributed by atoms with E-state index in [2.05, 4.69) is 30.3 Å². The summed E-state index contributed by atoms with van der Waals surface area (Å²) in [6.45, 7) is 0.527. The first-order valence-electron chi connectivity index (χ1n) is 9.98. The Morgan fingerprint density at radius 1 is 1.28 bits per heavy atom. The number of hydrogen-bond acceptors (Lipinski definition) is 12. The van der Waals surface area contributed by atoms with Crippen LogP contribution in [0.3, 0.4) is 0 Å². The standard InChI is InChI=1S/C18H24N6O8/c1-29-11(25)4-19-18(28)31-6-10-13(26)14(27)17(32-10)24-8-22-12-15(20-7-21-16(12)24)23-9-2-3-30-5-9/h7-10,13-14,17,26-27H,2-6H2,1H3,(H,19,28)(H,20,21,23)/t9-,10?,13?,14?,17?/m1/s1. The van der Waals surface area contributed by atoms with Crippen molar-refractivity contribution in [1.82, 2.24) is 24.8 Å². The number of hydrogen-bond donors (Lipinski definition) is 4. The first-order chi connectivity index (χ1) is 15.5. The second kappa shape index (κ2) is 9.60. The Kier molecular flexibility index (Phi) is 6.64. The van der Waals surface area contributed by atoms with Crippen molar-refractivity contribution < 1.29 is 38.7 Å². The number of carbonyl (C=O) groups excluding carboxylic acids is 2. The lowest BCUT2D eigenvalue weighted by Crippen LogP contribution is -2.37. The molecule has 32 heavy (non-hydrogen) atoms. The van der Waals surface area contributed by atoms with E-state index in [4.69, 9.17) is 14.2 Å². The van der Waals surface area contributed by atoms with Gasteiger partial charge >= 0.3 is 12.1 Å². The lowest BCUT2D eigenvalue weighted by Gasteiger charge is -2.17. The zero-order valence-electron chi connectivity index (χ0n) is 17.2. The van der Waals surface area contributed by atoms with Crippen LogP contribution in [0.2, 0.25) is 0 Å². The smallest absolute Gasteiger partial charge is 0.407 e. The Bertz CT molecular complexity index is 964. The molecule has 0 radical (unpaired) electrons. The highest BCUT2D eigenvalue weighted by atomic mass is 16.6. The molecule has 174 valence electrons. The van der Waals surface area contributed by atoms with E-state index in [0.717, 1.165) is 6.42 Å². The minimum atomic E-state index is -1.33. The zero-order valence-corrected chi connectivity index (χ0v) is 17.2. The molecule has 2 aliphatic heterocycles. The van der Waals surface area contributed by atoms with E-state index >= 15 is 0 Å². The molecule has 0 aliphatic carbocycles. The predicted octanol–water partition coefficient (Wildman–Crippen LogP) is -1.45. The fourth-order valence-electron chi connectivity index (χ4n) is 3.51. The van der Waals surface area contributed by atoms with Crippen LogP contribution in [0.25, 0.3) is 11.2 Å². The first-order valence-corrected chi connectivity index (χ1v) is 9.98. The van der Waals surface area contributed by atoms with Crippen LogP contribution in [0.5, 0.6) is 0 Å². The molecule has 14 heteroatoms. The number of alkyl carbamates (subject to hydrolysis) is 1. The van der Waals surface area contributed by atoms with Gasteiger partial charge in [-0.15, -0.1) is 0 Å². The molecule has 14 nitrogen and oxygen atoms in total. The van der Waals surface area contributed by atoms with Crippen molar-refractivity contribution in [2.24, 2.45) is 0 Å². The van der Waals surface area contributed by atoms with Crippen molar-refractivity contribution in [3.8, 4) is 0 Å². The predicted molar refractivity (Wildman–Crippen MR) is 105 cm³/mol.